The second-order valence-corrected chi connectivity index (χ2v) is 8.06. The van der Waals surface area contributed by atoms with Gasteiger partial charge in [0.05, 0.1) is 0 Å². The molecule has 0 heterocycles. The van der Waals surface area contributed by atoms with Gasteiger partial charge >= 0.3 is 12.1 Å². The zero-order chi connectivity index (χ0) is 20.6. The van der Waals surface area contributed by atoms with Gasteiger partial charge in [-0.15, -0.1) is 0 Å². The molecule has 1 aliphatic carbocycles. The van der Waals surface area contributed by atoms with E-state index in [-0.39, 0.29) is 31.0 Å². The van der Waals surface area contributed by atoms with Crippen LogP contribution in [0, 0.1) is 5.92 Å². The third-order valence-corrected chi connectivity index (χ3v) is 4.46. The highest BCUT2D eigenvalue weighted by Gasteiger charge is 2.28. The van der Waals surface area contributed by atoms with E-state index in [9.17, 15) is 14.4 Å². The summed E-state index contributed by atoms with van der Waals surface area (Å²) < 4.78 is 10.4. The highest BCUT2D eigenvalue weighted by Crippen LogP contribution is 2.24. The summed E-state index contributed by atoms with van der Waals surface area (Å²) in [5.74, 6) is -0.742. The number of hydrogen-bond acceptors (Lipinski definition) is 5. The number of nitrogens with one attached hydrogen (secondary N) is 2. The Morgan fingerprint density at radius 3 is 2.29 bits per heavy atom. The topological polar surface area (TPSA) is 93.7 Å². The maximum absolute atomic E-state index is 12.2. The highest BCUT2D eigenvalue weighted by atomic mass is 16.6. The number of benzene rings is 1. The molecule has 1 aromatic rings. The number of carbonyl (C=O) groups is 3. The number of rotatable bonds is 6. The first kappa shape index (κ1) is 21.7. The molecule has 1 saturated carbocycles. The van der Waals surface area contributed by atoms with E-state index in [2.05, 4.69) is 10.6 Å². The molecule has 7 heteroatoms. The van der Waals surface area contributed by atoms with E-state index in [0.717, 1.165) is 5.56 Å². The SMILES string of the molecule is CC(C)(C)OC(=O)CNC(=O)[C@H]1CC[C@@H](NC(=O)OCc2ccccc2)CC1. The van der Waals surface area contributed by atoms with Gasteiger partial charge in [0.15, 0.2) is 0 Å². The zero-order valence-corrected chi connectivity index (χ0v) is 16.8. The average Bonchev–Trinajstić information content (AvgIpc) is 2.64. The molecule has 7 nitrogen and oxygen atoms in total. The predicted octanol–water partition coefficient (Wildman–Crippen LogP) is 2.93. The molecule has 1 aliphatic rings. The van der Waals surface area contributed by atoms with Crippen LogP contribution in [0.5, 0.6) is 0 Å². The van der Waals surface area contributed by atoms with Gasteiger partial charge in [0.1, 0.15) is 18.8 Å². The molecule has 2 N–H and O–H groups in total. The van der Waals surface area contributed by atoms with Gasteiger partial charge < -0.3 is 20.1 Å². The lowest BCUT2D eigenvalue weighted by Gasteiger charge is -2.28. The van der Waals surface area contributed by atoms with Crippen molar-refractivity contribution in [2.75, 3.05) is 6.54 Å². The van der Waals surface area contributed by atoms with E-state index in [4.69, 9.17) is 9.47 Å². The molecule has 0 saturated heterocycles. The predicted molar refractivity (Wildman–Crippen MR) is 104 cm³/mol. The Kier molecular flexibility index (Phi) is 7.84. The zero-order valence-electron chi connectivity index (χ0n) is 16.8. The van der Waals surface area contributed by atoms with E-state index >= 15 is 0 Å². The van der Waals surface area contributed by atoms with Crippen molar-refractivity contribution in [2.45, 2.75) is 64.7 Å². The molecule has 2 rings (SSSR count). The first-order valence-electron chi connectivity index (χ1n) is 9.70. The lowest BCUT2D eigenvalue weighted by molar-refractivity contribution is -0.154. The lowest BCUT2D eigenvalue weighted by atomic mass is 9.85. The minimum atomic E-state index is -0.569. The van der Waals surface area contributed by atoms with Crippen molar-refractivity contribution in [3.05, 3.63) is 35.9 Å². The monoisotopic (exact) mass is 390 g/mol. The van der Waals surface area contributed by atoms with Gasteiger partial charge in [-0.05, 0) is 52.0 Å². The molecular weight excluding hydrogens is 360 g/mol. The van der Waals surface area contributed by atoms with Crippen LogP contribution in [0.3, 0.4) is 0 Å². The first-order valence-corrected chi connectivity index (χ1v) is 9.70. The van der Waals surface area contributed by atoms with Gasteiger partial charge in [0.2, 0.25) is 5.91 Å². The standard InChI is InChI=1S/C21H30N2O5/c1-21(2,3)28-18(24)13-22-19(25)16-9-11-17(12-10-16)23-20(26)27-14-15-7-5-4-6-8-15/h4-8,16-17H,9-14H2,1-3H3,(H,22,25)(H,23,26)/t16-,17+. The van der Waals surface area contributed by atoms with Gasteiger partial charge in [-0.25, -0.2) is 4.79 Å². The van der Waals surface area contributed by atoms with Gasteiger partial charge in [-0.3, -0.25) is 9.59 Å². The Labute approximate surface area is 166 Å². The van der Waals surface area contributed by atoms with Crippen LogP contribution in [-0.4, -0.2) is 36.2 Å². The second kappa shape index (κ2) is 10.1. The number of ether oxygens (including phenoxy) is 2. The number of amides is 2. The number of hydrogen-bond donors (Lipinski definition) is 2. The molecular formula is C21H30N2O5. The molecule has 1 fully saturated rings. The van der Waals surface area contributed by atoms with Crippen molar-refractivity contribution in [3.63, 3.8) is 0 Å². The summed E-state index contributed by atoms with van der Waals surface area (Å²) in [6.45, 7) is 5.46. The fourth-order valence-electron chi connectivity index (χ4n) is 3.11. The summed E-state index contributed by atoms with van der Waals surface area (Å²) in [5.41, 5.74) is 0.365. The Hall–Kier alpha value is -2.57. The van der Waals surface area contributed by atoms with E-state index in [1.165, 1.54) is 0 Å². The molecule has 0 unspecified atom stereocenters. The Morgan fingerprint density at radius 2 is 1.68 bits per heavy atom. The maximum Gasteiger partial charge on any atom is 0.407 e. The van der Waals surface area contributed by atoms with E-state index in [0.29, 0.717) is 25.7 Å². The van der Waals surface area contributed by atoms with Gasteiger partial charge in [0.25, 0.3) is 0 Å². The minimum Gasteiger partial charge on any atom is -0.459 e. The van der Waals surface area contributed by atoms with Crippen molar-refractivity contribution in [1.82, 2.24) is 10.6 Å². The van der Waals surface area contributed by atoms with Crippen LogP contribution in [0.2, 0.25) is 0 Å². The number of carbonyl (C=O) groups excluding carboxylic acids is 3. The smallest absolute Gasteiger partial charge is 0.407 e. The second-order valence-electron chi connectivity index (χ2n) is 8.06. The van der Waals surface area contributed by atoms with Gasteiger partial charge in [0, 0.05) is 12.0 Å². The molecule has 0 atom stereocenters. The summed E-state index contributed by atoms with van der Waals surface area (Å²) in [7, 11) is 0. The molecule has 0 spiro atoms. The number of esters is 1. The molecule has 0 bridgehead atoms. The number of alkyl carbamates (subject to hydrolysis) is 1. The summed E-state index contributed by atoms with van der Waals surface area (Å²) in [6.07, 6.45) is 2.27. The summed E-state index contributed by atoms with van der Waals surface area (Å²) in [5, 5.41) is 5.50. The largest absolute Gasteiger partial charge is 0.459 e. The Balaban J connectivity index is 1.64. The maximum atomic E-state index is 12.2. The van der Waals surface area contributed by atoms with Gasteiger partial charge in [-0.2, -0.15) is 0 Å². The van der Waals surface area contributed by atoms with E-state index < -0.39 is 17.7 Å². The van der Waals surface area contributed by atoms with E-state index in [1.807, 2.05) is 30.3 Å². The van der Waals surface area contributed by atoms with Crippen LogP contribution in [0.25, 0.3) is 0 Å². The summed E-state index contributed by atoms with van der Waals surface area (Å²) in [6, 6.07) is 9.49. The lowest BCUT2D eigenvalue weighted by Crippen LogP contribution is -2.42. The molecule has 28 heavy (non-hydrogen) atoms. The van der Waals surface area contributed by atoms with Crippen molar-refractivity contribution >= 4 is 18.0 Å². The normalized spacial score (nSPS) is 19.4. The fraction of sp³-hybridized carbons (Fsp3) is 0.571. The molecule has 0 radical (unpaired) electrons. The summed E-state index contributed by atoms with van der Waals surface area (Å²) in [4.78, 5) is 35.8. The van der Waals surface area contributed by atoms with Crippen molar-refractivity contribution in [3.8, 4) is 0 Å². The quantitative estimate of drug-likeness (QED) is 0.729. The first-order chi connectivity index (χ1) is 13.2. The molecule has 154 valence electrons. The highest BCUT2D eigenvalue weighted by molar-refractivity contribution is 5.83. The third-order valence-electron chi connectivity index (χ3n) is 4.46. The molecule has 2 amide bonds. The third kappa shape index (κ3) is 7.98. The average molecular weight is 390 g/mol. The van der Waals surface area contributed by atoms with Crippen LogP contribution in [0.15, 0.2) is 30.3 Å². The van der Waals surface area contributed by atoms with Crippen LogP contribution in [0.1, 0.15) is 52.0 Å². The van der Waals surface area contributed by atoms with Crippen LogP contribution < -0.4 is 10.6 Å². The molecule has 1 aromatic carbocycles. The molecule has 0 aromatic heterocycles. The fourth-order valence-corrected chi connectivity index (χ4v) is 3.11. The summed E-state index contributed by atoms with van der Waals surface area (Å²) >= 11 is 0. The van der Waals surface area contributed by atoms with Crippen molar-refractivity contribution in [1.29, 1.82) is 0 Å². The van der Waals surface area contributed by atoms with E-state index in [1.54, 1.807) is 20.8 Å². The van der Waals surface area contributed by atoms with Crippen LogP contribution >= 0.6 is 0 Å². The Bertz CT molecular complexity index is 661. The van der Waals surface area contributed by atoms with Crippen LogP contribution in [-0.2, 0) is 25.7 Å². The van der Waals surface area contributed by atoms with Crippen molar-refractivity contribution in [2.24, 2.45) is 5.92 Å². The Morgan fingerprint density at radius 1 is 1.04 bits per heavy atom. The van der Waals surface area contributed by atoms with Gasteiger partial charge in [-0.1, -0.05) is 30.3 Å². The van der Waals surface area contributed by atoms with Crippen LogP contribution in [0.4, 0.5) is 4.79 Å². The minimum absolute atomic E-state index is 0.00169. The van der Waals surface area contributed by atoms with Crippen molar-refractivity contribution < 1.29 is 23.9 Å². The molecule has 0 aliphatic heterocycles.